The third-order valence-corrected chi connectivity index (χ3v) is 3.18. The number of nitrogens with zero attached hydrogens (tertiary/aromatic N) is 1. The van der Waals surface area contributed by atoms with Gasteiger partial charge in [-0.25, -0.2) is 9.59 Å². The van der Waals surface area contributed by atoms with Gasteiger partial charge in [0.25, 0.3) is 0 Å². The van der Waals surface area contributed by atoms with Crippen molar-refractivity contribution in [3.63, 3.8) is 0 Å². The molecule has 0 heterocycles. The highest BCUT2D eigenvalue weighted by Crippen LogP contribution is 2.19. The fourth-order valence-electron chi connectivity index (χ4n) is 2.01. The Balaban J connectivity index is 2.93. The molecule has 1 aromatic rings. The van der Waals surface area contributed by atoms with Crippen molar-refractivity contribution in [1.82, 2.24) is 5.32 Å². The number of urea groups is 1. The van der Waals surface area contributed by atoms with Crippen molar-refractivity contribution in [1.29, 1.82) is 0 Å². The number of rotatable bonds is 5. The predicted molar refractivity (Wildman–Crippen MR) is 79.0 cm³/mol. The Kier molecular flexibility index (Phi) is 5.55. The molecule has 0 bridgehead atoms. The quantitative estimate of drug-likeness (QED) is 0.870. The van der Waals surface area contributed by atoms with Crippen LogP contribution < -0.4 is 10.2 Å². The van der Waals surface area contributed by atoms with Crippen LogP contribution in [0.1, 0.15) is 26.3 Å². The predicted octanol–water partition coefficient (Wildman–Crippen LogP) is 2.64. The molecule has 2 N–H and O–H groups in total. The Morgan fingerprint density at radius 3 is 2.35 bits per heavy atom. The van der Waals surface area contributed by atoms with Gasteiger partial charge >= 0.3 is 12.0 Å². The molecule has 0 unspecified atom stereocenters. The molecule has 0 radical (unpaired) electrons. The Morgan fingerprint density at radius 1 is 1.30 bits per heavy atom. The summed E-state index contributed by atoms with van der Waals surface area (Å²) in [5.41, 5.74) is 1.77. The molecule has 0 fully saturated rings. The van der Waals surface area contributed by atoms with E-state index >= 15 is 0 Å². The first-order chi connectivity index (χ1) is 9.38. The third kappa shape index (κ3) is 3.73. The molecule has 0 aliphatic rings. The maximum absolute atomic E-state index is 12.3. The van der Waals surface area contributed by atoms with Crippen LogP contribution in [0.4, 0.5) is 10.5 Å². The van der Waals surface area contributed by atoms with E-state index in [4.69, 9.17) is 5.11 Å². The number of carbonyl (C=O) groups is 2. The molecule has 0 spiro atoms. The minimum Gasteiger partial charge on any atom is -0.480 e. The van der Waals surface area contributed by atoms with Crippen LogP contribution in [-0.2, 0) is 4.79 Å². The number of carbonyl (C=O) groups excluding carboxylic acids is 1. The fourth-order valence-corrected chi connectivity index (χ4v) is 2.01. The molecule has 1 aromatic carbocycles. The van der Waals surface area contributed by atoms with Crippen molar-refractivity contribution in [3.8, 4) is 0 Å². The van der Waals surface area contributed by atoms with E-state index < -0.39 is 12.0 Å². The molecular formula is C15H22N2O3. The van der Waals surface area contributed by atoms with Gasteiger partial charge in [0.15, 0.2) is 0 Å². The minimum absolute atomic E-state index is 0.174. The topological polar surface area (TPSA) is 69.6 Å². The van der Waals surface area contributed by atoms with Gasteiger partial charge < -0.3 is 10.4 Å². The molecule has 0 saturated heterocycles. The highest BCUT2D eigenvalue weighted by Gasteiger charge is 2.26. The van der Waals surface area contributed by atoms with Crippen molar-refractivity contribution in [2.45, 2.75) is 33.7 Å². The molecule has 1 atom stereocenters. The minimum atomic E-state index is -1.02. The van der Waals surface area contributed by atoms with Crippen LogP contribution in [-0.4, -0.2) is 29.7 Å². The molecule has 2 amide bonds. The molecule has 0 aliphatic heterocycles. The lowest BCUT2D eigenvalue weighted by molar-refractivity contribution is -0.140. The van der Waals surface area contributed by atoms with Crippen LogP contribution in [0.25, 0.3) is 0 Å². The standard InChI is InChI=1S/C15H22N2O3/c1-5-17(12-9-7-6-8-11(12)4)15(20)16-13(10(2)3)14(18)19/h6-10,13H,5H2,1-4H3,(H,16,20)(H,18,19)/t13-/m0/s1. The van der Waals surface area contributed by atoms with E-state index in [0.717, 1.165) is 11.3 Å². The van der Waals surface area contributed by atoms with Gasteiger partial charge in [0.05, 0.1) is 0 Å². The molecule has 5 heteroatoms. The van der Waals surface area contributed by atoms with E-state index in [9.17, 15) is 9.59 Å². The van der Waals surface area contributed by atoms with Gasteiger partial charge in [-0.1, -0.05) is 32.0 Å². The third-order valence-electron chi connectivity index (χ3n) is 3.18. The smallest absolute Gasteiger partial charge is 0.326 e. The summed E-state index contributed by atoms with van der Waals surface area (Å²) in [6, 6.07) is 6.25. The SMILES string of the molecule is CCN(C(=O)N[C@H](C(=O)O)C(C)C)c1ccccc1C. The van der Waals surface area contributed by atoms with Crippen LogP contribution in [0.2, 0.25) is 0 Å². The first-order valence-electron chi connectivity index (χ1n) is 6.75. The van der Waals surface area contributed by atoms with Crippen molar-refractivity contribution in [3.05, 3.63) is 29.8 Å². The lowest BCUT2D eigenvalue weighted by Crippen LogP contribution is -2.50. The second kappa shape index (κ2) is 6.93. The monoisotopic (exact) mass is 278 g/mol. The number of benzene rings is 1. The highest BCUT2D eigenvalue weighted by molar-refractivity contribution is 5.95. The molecule has 0 aromatic heterocycles. The number of aryl methyl sites for hydroxylation is 1. The second-order valence-electron chi connectivity index (χ2n) is 5.04. The Morgan fingerprint density at radius 2 is 1.90 bits per heavy atom. The number of carboxylic acids is 1. The number of anilines is 1. The first-order valence-corrected chi connectivity index (χ1v) is 6.75. The summed E-state index contributed by atoms with van der Waals surface area (Å²) < 4.78 is 0. The van der Waals surface area contributed by atoms with Crippen LogP contribution in [0.3, 0.4) is 0 Å². The lowest BCUT2D eigenvalue weighted by atomic mass is 10.1. The van der Waals surface area contributed by atoms with Crippen LogP contribution in [0, 0.1) is 12.8 Å². The van der Waals surface area contributed by atoms with Gasteiger partial charge in [0.1, 0.15) is 6.04 Å². The van der Waals surface area contributed by atoms with E-state index in [-0.39, 0.29) is 11.9 Å². The maximum Gasteiger partial charge on any atom is 0.326 e. The van der Waals surface area contributed by atoms with Crippen molar-refractivity contribution in [2.24, 2.45) is 5.92 Å². The summed E-state index contributed by atoms with van der Waals surface area (Å²) in [5, 5.41) is 11.7. The van der Waals surface area contributed by atoms with Crippen LogP contribution in [0.5, 0.6) is 0 Å². The van der Waals surface area contributed by atoms with Gasteiger partial charge in [-0.15, -0.1) is 0 Å². The summed E-state index contributed by atoms with van der Waals surface area (Å²) in [6.07, 6.45) is 0. The highest BCUT2D eigenvalue weighted by atomic mass is 16.4. The fraction of sp³-hybridized carbons (Fsp3) is 0.467. The number of hydrogen-bond acceptors (Lipinski definition) is 2. The zero-order valence-corrected chi connectivity index (χ0v) is 12.4. The van der Waals surface area contributed by atoms with Crippen molar-refractivity contribution in [2.75, 3.05) is 11.4 Å². The molecule has 0 aliphatic carbocycles. The normalized spacial score (nSPS) is 12.1. The first kappa shape index (κ1) is 16.0. The number of nitrogens with one attached hydrogen (secondary N) is 1. The summed E-state index contributed by atoms with van der Waals surface area (Å²) in [6.45, 7) is 7.78. The molecule has 20 heavy (non-hydrogen) atoms. The van der Waals surface area contributed by atoms with E-state index in [1.54, 1.807) is 18.7 Å². The number of carboxylic acid groups (broad SMARTS) is 1. The molecular weight excluding hydrogens is 256 g/mol. The van der Waals surface area contributed by atoms with E-state index in [2.05, 4.69) is 5.32 Å². The molecule has 110 valence electrons. The Bertz CT molecular complexity index is 486. The molecule has 5 nitrogen and oxygen atoms in total. The number of amides is 2. The van der Waals surface area contributed by atoms with E-state index in [1.807, 2.05) is 38.1 Å². The van der Waals surface area contributed by atoms with E-state index in [0.29, 0.717) is 6.54 Å². The van der Waals surface area contributed by atoms with Crippen molar-refractivity contribution < 1.29 is 14.7 Å². The van der Waals surface area contributed by atoms with Crippen LogP contribution in [0.15, 0.2) is 24.3 Å². The number of para-hydroxylation sites is 1. The summed E-state index contributed by atoms with van der Waals surface area (Å²) in [5.74, 6) is -1.19. The lowest BCUT2D eigenvalue weighted by Gasteiger charge is -2.26. The molecule has 0 saturated carbocycles. The van der Waals surface area contributed by atoms with Crippen LogP contribution >= 0.6 is 0 Å². The van der Waals surface area contributed by atoms with Gasteiger partial charge in [-0.05, 0) is 31.4 Å². The zero-order chi connectivity index (χ0) is 15.3. The summed E-state index contributed by atoms with van der Waals surface area (Å²) in [4.78, 5) is 25.0. The number of hydrogen-bond donors (Lipinski definition) is 2. The molecule has 1 rings (SSSR count). The summed E-state index contributed by atoms with van der Waals surface area (Å²) in [7, 11) is 0. The van der Waals surface area contributed by atoms with E-state index in [1.165, 1.54) is 0 Å². The van der Waals surface area contributed by atoms with Gasteiger partial charge in [0, 0.05) is 12.2 Å². The largest absolute Gasteiger partial charge is 0.480 e. The zero-order valence-electron chi connectivity index (χ0n) is 12.4. The Labute approximate surface area is 119 Å². The van der Waals surface area contributed by atoms with Gasteiger partial charge in [0.2, 0.25) is 0 Å². The summed E-state index contributed by atoms with van der Waals surface area (Å²) >= 11 is 0. The number of aliphatic carboxylic acids is 1. The van der Waals surface area contributed by atoms with Gasteiger partial charge in [-0.3, -0.25) is 4.90 Å². The average Bonchev–Trinajstić information content (AvgIpc) is 2.38. The second-order valence-corrected chi connectivity index (χ2v) is 5.04. The maximum atomic E-state index is 12.3. The van der Waals surface area contributed by atoms with Crippen molar-refractivity contribution >= 4 is 17.7 Å². The Hall–Kier alpha value is -2.04. The van der Waals surface area contributed by atoms with Gasteiger partial charge in [-0.2, -0.15) is 0 Å². The average molecular weight is 278 g/mol.